The van der Waals surface area contributed by atoms with Gasteiger partial charge in [-0.1, -0.05) is 86.7 Å². The molecule has 0 nitrogen and oxygen atoms in total. The van der Waals surface area contributed by atoms with Crippen molar-refractivity contribution >= 4 is 0 Å². The molecule has 1 aromatic carbocycles. The van der Waals surface area contributed by atoms with E-state index in [2.05, 4.69) is 71.9 Å². The smallest absolute Gasteiger partial charge is 0.0132 e. The van der Waals surface area contributed by atoms with Gasteiger partial charge in [0.15, 0.2) is 0 Å². The van der Waals surface area contributed by atoms with E-state index < -0.39 is 0 Å². The maximum atomic E-state index is 2.32. The monoisotopic (exact) mass is 264 g/mol. The van der Waals surface area contributed by atoms with Crippen molar-refractivity contribution in [3.8, 4) is 0 Å². The fourth-order valence-electron chi connectivity index (χ4n) is 1.89. The first-order chi connectivity index (χ1) is 7.71. The third kappa shape index (κ3) is 8.08. The Kier molecular flexibility index (Phi) is 8.35. The van der Waals surface area contributed by atoms with Crippen LogP contribution in [0.3, 0.4) is 0 Å². The van der Waals surface area contributed by atoms with Crippen LogP contribution in [0.2, 0.25) is 0 Å². The van der Waals surface area contributed by atoms with E-state index in [0.29, 0.717) is 10.8 Å². The third-order valence-electron chi connectivity index (χ3n) is 3.44. The van der Waals surface area contributed by atoms with Crippen molar-refractivity contribution in [1.82, 2.24) is 0 Å². The lowest BCUT2D eigenvalue weighted by Gasteiger charge is -2.18. The minimum absolute atomic E-state index is 0. The first-order valence-electron chi connectivity index (χ1n) is 6.77. The van der Waals surface area contributed by atoms with Gasteiger partial charge in [-0.15, -0.1) is 0 Å². The predicted octanol–water partition coefficient (Wildman–Crippen LogP) is 6.70. The van der Waals surface area contributed by atoms with Gasteiger partial charge < -0.3 is 0 Å². The Morgan fingerprint density at radius 1 is 0.789 bits per heavy atom. The SMILES string of the molecule is C.C.CC(C)(C)C1CC1.CC(C)(C)c1ccccc1. The summed E-state index contributed by atoms with van der Waals surface area (Å²) in [6, 6.07) is 10.6. The van der Waals surface area contributed by atoms with Crippen LogP contribution in [0, 0.1) is 11.3 Å². The van der Waals surface area contributed by atoms with Crippen LogP contribution in [0.25, 0.3) is 0 Å². The van der Waals surface area contributed by atoms with Crippen molar-refractivity contribution in [2.24, 2.45) is 11.3 Å². The molecule has 0 heteroatoms. The molecule has 1 aliphatic rings. The molecule has 0 bridgehead atoms. The Hall–Kier alpha value is -0.780. The summed E-state index contributed by atoms with van der Waals surface area (Å²) >= 11 is 0. The van der Waals surface area contributed by atoms with Crippen molar-refractivity contribution in [3.63, 3.8) is 0 Å². The maximum absolute atomic E-state index is 2.32. The Balaban J connectivity index is 0. The fourth-order valence-corrected chi connectivity index (χ4v) is 1.89. The Bertz CT molecular complexity index is 317. The van der Waals surface area contributed by atoms with Gasteiger partial charge in [0, 0.05) is 0 Å². The van der Waals surface area contributed by atoms with Crippen LogP contribution < -0.4 is 0 Å². The van der Waals surface area contributed by atoms with Gasteiger partial charge >= 0.3 is 0 Å². The third-order valence-corrected chi connectivity index (χ3v) is 3.44. The molecule has 0 saturated heterocycles. The first-order valence-corrected chi connectivity index (χ1v) is 6.77. The first kappa shape index (κ1) is 20.5. The molecule has 1 aromatic rings. The standard InChI is InChI=1S/C10H14.C7H14.2CH4/c1-10(2,3)9-7-5-4-6-8-9;1-7(2,3)6-4-5-6;;/h4-8H,1-3H3;6H,4-5H2,1-3H3;2*1H4. The van der Waals surface area contributed by atoms with E-state index >= 15 is 0 Å². The summed E-state index contributed by atoms with van der Waals surface area (Å²) in [6.45, 7) is 13.6. The molecule has 0 N–H and O–H groups in total. The molecule has 0 aromatic heterocycles. The molecule has 0 spiro atoms. The van der Waals surface area contributed by atoms with Crippen LogP contribution >= 0.6 is 0 Å². The van der Waals surface area contributed by atoms with Crippen molar-refractivity contribution in [2.75, 3.05) is 0 Å². The zero-order chi connectivity index (χ0) is 13.1. The van der Waals surface area contributed by atoms with Crippen LogP contribution in [0.4, 0.5) is 0 Å². The fraction of sp³-hybridized carbons (Fsp3) is 0.684. The van der Waals surface area contributed by atoms with Crippen LogP contribution in [-0.2, 0) is 5.41 Å². The summed E-state index contributed by atoms with van der Waals surface area (Å²) in [5.41, 5.74) is 2.30. The topological polar surface area (TPSA) is 0 Å². The predicted molar refractivity (Wildman–Crippen MR) is 90.8 cm³/mol. The summed E-state index contributed by atoms with van der Waals surface area (Å²) in [4.78, 5) is 0. The highest BCUT2D eigenvalue weighted by atomic mass is 14.4. The number of benzene rings is 1. The van der Waals surface area contributed by atoms with Crippen molar-refractivity contribution in [1.29, 1.82) is 0 Å². The molecule has 1 saturated carbocycles. The zero-order valence-electron chi connectivity index (χ0n) is 12.4. The highest BCUT2D eigenvalue weighted by Crippen LogP contribution is 2.44. The van der Waals surface area contributed by atoms with Crippen LogP contribution in [0.5, 0.6) is 0 Å². The minimum atomic E-state index is 0. The Morgan fingerprint density at radius 3 is 1.37 bits per heavy atom. The molecule has 1 fully saturated rings. The van der Waals surface area contributed by atoms with Gasteiger partial charge in [-0.05, 0) is 35.2 Å². The van der Waals surface area contributed by atoms with Crippen LogP contribution in [-0.4, -0.2) is 0 Å². The van der Waals surface area contributed by atoms with Gasteiger partial charge in [-0.25, -0.2) is 0 Å². The van der Waals surface area contributed by atoms with E-state index in [1.165, 1.54) is 18.4 Å². The summed E-state index contributed by atoms with van der Waals surface area (Å²) in [6.07, 6.45) is 2.95. The lowest BCUT2D eigenvalue weighted by Crippen LogP contribution is -2.10. The van der Waals surface area contributed by atoms with Crippen LogP contribution in [0.1, 0.15) is 74.8 Å². The number of hydrogen-bond donors (Lipinski definition) is 0. The van der Waals surface area contributed by atoms with Gasteiger partial charge in [-0.3, -0.25) is 0 Å². The zero-order valence-corrected chi connectivity index (χ0v) is 12.4. The maximum Gasteiger partial charge on any atom is -0.0132 e. The number of hydrogen-bond acceptors (Lipinski definition) is 0. The van der Waals surface area contributed by atoms with Gasteiger partial charge in [0.2, 0.25) is 0 Å². The van der Waals surface area contributed by atoms with E-state index in [9.17, 15) is 0 Å². The van der Waals surface area contributed by atoms with Crippen molar-refractivity contribution in [3.05, 3.63) is 35.9 Å². The van der Waals surface area contributed by atoms with E-state index in [-0.39, 0.29) is 14.9 Å². The second kappa shape index (κ2) is 7.72. The summed E-state index contributed by atoms with van der Waals surface area (Å²) < 4.78 is 0. The van der Waals surface area contributed by atoms with E-state index in [1.807, 2.05) is 0 Å². The minimum Gasteiger partial charge on any atom is -0.0776 e. The van der Waals surface area contributed by atoms with Crippen molar-refractivity contribution in [2.45, 2.75) is 74.7 Å². The summed E-state index contributed by atoms with van der Waals surface area (Å²) in [7, 11) is 0. The Labute approximate surface area is 122 Å². The second-order valence-electron chi connectivity index (χ2n) is 7.26. The van der Waals surface area contributed by atoms with E-state index in [4.69, 9.17) is 0 Å². The van der Waals surface area contributed by atoms with Gasteiger partial charge in [0.25, 0.3) is 0 Å². The number of rotatable bonds is 0. The average Bonchev–Trinajstić information content (AvgIpc) is 3.00. The molecular formula is C19H36. The molecule has 0 radical (unpaired) electrons. The molecule has 0 atom stereocenters. The molecule has 0 amide bonds. The molecule has 0 aliphatic heterocycles. The van der Waals surface area contributed by atoms with Gasteiger partial charge in [-0.2, -0.15) is 0 Å². The Morgan fingerprint density at radius 2 is 1.21 bits per heavy atom. The summed E-state index contributed by atoms with van der Waals surface area (Å²) in [5.74, 6) is 1.05. The second-order valence-corrected chi connectivity index (χ2v) is 7.26. The molecule has 0 heterocycles. The molecule has 2 rings (SSSR count). The van der Waals surface area contributed by atoms with E-state index in [1.54, 1.807) is 0 Å². The van der Waals surface area contributed by atoms with Gasteiger partial charge in [0.1, 0.15) is 0 Å². The quantitative estimate of drug-likeness (QED) is 0.489. The van der Waals surface area contributed by atoms with Crippen LogP contribution in [0.15, 0.2) is 30.3 Å². The highest BCUT2D eigenvalue weighted by molar-refractivity contribution is 5.21. The lowest BCUT2D eigenvalue weighted by atomic mass is 9.87. The molecular weight excluding hydrogens is 228 g/mol. The molecule has 112 valence electrons. The molecule has 1 aliphatic carbocycles. The largest absolute Gasteiger partial charge is 0.0776 e. The van der Waals surface area contributed by atoms with Crippen molar-refractivity contribution < 1.29 is 0 Å². The average molecular weight is 264 g/mol. The summed E-state index contributed by atoms with van der Waals surface area (Å²) in [5, 5.41) is 0. The van der Waals surface area contributed by atoms with E-state index in [0.717, 1.165) is 5.92 Å². The lowest BCUT2D eigenvalue weighted by molar-refractivity contribution is 0.351. The molecule has 0 unspecified atom stereocenters. The molecule has 19 heavy (non-hydrogen) atoms. The van der Waals surface area contributed by atoms with Gasteiger partial charge in [0.05, 0.1) is 0 Å². The highest BCUT2D eigenvalue weighted by Gasteiger charge is 2.33. The normalized spacial score (nSPS) is 14.4.